The minimum absolute atomic E-state index is 0.0412. The van der Waals surface area contributed by atoms with Crippen LogP contribution in [-0.2, 0) is 6.42 Å². The summed E-state index contributed by atoms with van der Waals surface area (Å²) < 4.78 is 5.11. The molecular weight excluding hydrogens is 228 g/mol. The van der Waals surface area contributed by atoms with E-state index >= 15 is 0 Å². The number of hydrogen-bond acceptors (Lipinski definition) is 4. The largest absolute Gasteiger partial charge is 0.481 e. The number of ether oxygens (including phenoxy) is 1. The van der Waals surface area contributed by atoms with E-state index in [1.165, 1.54) is 6.33 Å². The zero-order valence-electron chi connectivity index (χ0n) is 10.4. The predicted octanol–water partition coefficient (Wildman–Crippen LogP) is 2.22. The molecule has 0 aliphatic carbocycles. The number of benzene rings is 1. The maximum absolute atomic E-state index is 12.1. The first-order valence-corrected chi connectivity index (χ1v) is 5.65. The Morgan fingerprint density at radius 3 is 2.61 bits per heavy atom. The van der Waals surface area contributed by atoms with Crippen molar-refractivity contribution in [1.29, 1.82) is 0 Å². The SMILES string of the molecule is COc1ncnc(CC(=O)c2ccccc2)c1C. The van der Waals surface area contributed by atoms with Gasteiger partial charge in [-0.05, 0) is 6.92 Å². The molecule has 0 saturated carbocycles. The smallest absolute Gasteiger partial charge is 0.219 e. The highest BCUT2D eigenvalue weighted by Crippen LogP contribution is 2.17. The Kier molecular flexibility index (Phi) is 3.67. The van der Waals surface area contributed by atoms with Gasteiger partial charge in [0.2, 0.25) is 5.88 Å². The summed E-state index contributed by atoms with van der Waals surface area (Å²) in [5.74, 6) is 0.556. The summed E-state index contributed by atoms with van der Waals surface area (Å²) in [4.78, 5) is 20.2. The van der Waals surface area contributed by atoms with Crippen LogP contribution in [-0.4, -0.2) is 22.9 Å². The van der Waals surface area contributed by atoms with Crippen molar-refractivity contribution in [3.63, 3.8) is 0 Å². The fourth-order valence-corrected chi connectivity index (χ4v) is 1.73. The standard InChI is InChI=1S/C14H14N2O2/c1-10-12(15-9-16-14(10)18-2)8-13(17)11-6-4-3-5-7-11/h3-7,9H,8H2,1-2H3. The molecule has 4 heteroatoms. The van der Waals surface area contributed by atoms with Crippen molar-refractivity contribution in [2.24, 2.45) is 0 Å². The molecule has 4 nitrogen and oxygen atoms in total. The van der Waals surface area contributed by atoms with Crippen molar-refractivity contribution in [1.82, 2.24) is 9.97 Å². The number of carbonyl (C=O) groups excluding carboxylic acids is 1. The molecule has 0 N–H and O–H groups in total. The Hall–Kier alpha value is -2.23. The monoisotopic (exact) mass is 242 g/mol. The Bertz CT molecular complexity index is 553. The van der Waals surface area contributed by atoms with Crippen LogP contribution in [0.3, 0.4) is 0 Å². The first kappa shape index (κ1) is 12.2. The molecule has 0 aliphatic rings. The van der Waals surface area contributed by atoms with E-state index in [0.717, 1.165) is 5.56 Å². The summed E-state index contributed by atoms with van der Waals surface area (Å²) in [5.41, 5.74) is 2.20. The number of Topliss-reactive ketones (excluding diaryl/α,β-unsaturated/α-hetero) is 1. The quantitative estimate of drug-likeness (QED) is 0.771. The topological polar surface area (TPSA) is 52.1 Å². The van der Waals surface area contributed by atoms with Gasteiger partial charge in [0.15, 0.2) is 5.78 Å². The molecule has 0 unspecified atom stereocenters. The Labute approximate surface area is 106 Å². The van der Waals surface area contributed by atoms with Crippen molar-refractivity contribution >= 4 is 5.78 Å². The first-order valence-electron chi connectivity index (χ1n) is 5.65. The molecule has 1 aromatic heterocycles. The molecule has 0 fully saturated rings. The van der Waals surface area contributed by atoms with Crippen LogP contribution < -0.4 is 4.74 Å². The third-order valence-corrected chi connectivity index (χ3v) is 2.76. The highest BCUT2D eigenvalue weighted by molar-refractivity contribution is 5.97. The molecular formula is C14H14N2O2. The van der Waals surface area contributed by atoms with E-state index in [1.54, 1.807) is 19.2 Å². The normalized spacial score (nSPS) is 10.1. The lowest BCUT2D eigenvalue weighted by Gasteiger charge is -2.07. The zero-order valence-corrected chi connectivity index (χ0v) is 10.4. The second-order valence-electron chi connectivity index (χ2n) is 3.92. The van der Waals surface area contributed by atoms with Gasteiger partial charge in [0.05, 0.1) is 19.2 Å². The Morgan fingerprint density at radius 1 is 1.22 bits per heavy atom. The highest BCUT2D eigenvalue weighted by Gasteiger charge is 2.12. The van der Waals surface area contributed by atoms with E-state index in [2.05, 4.69) is 9.97 Å². The second kappa shape index (κ2) is 5.40. The van der Waals surface area contributed by atoms with E-state index in [0.29, 0.717) is 17.1 Å². The molecule has 1 heterocycles. The summed E-state index contributed by atoms with van der Waals surface area (Å²) in [6, 6.07) is 9.18. The Balaban J connectivity index is 2.22. The van der Waals surface area contributed by atoms with Crippen molar-refractivity contribution in [3.8, 4) is 5.88 Å². The van der Waals surface area contributed by atoms with E-state index in [4.69, 9.17) is 4.74 Å². The fraction of sp³-hybridized carbons (Fsp3) is 0.214. The summed E-state index contributed by atoms with van der Waals surface area (Å²) in [6.45, 7) is 1.85. The predicted molar refractivity (Wildman–Crippen MR) is 67.8 cm³/mol. The molecule has 0 radical (unpaired) electrons. The molecule has 2 rings (SSSR count). The lowest BCUT2D eigenvalue weighted by atomic mass is 10.0. The number of rotatable bonds is 4. The molecule has 0 atom stereocenters. The Morgan fingerprint density at radius 2 is 1.94 bits per heavy atom. The van der Waals surface area contributed by atoms with Crippen molar-refractivity contribution in [3.05, 3.63) is 53.5 Å². The van der Waals surface area contributed by atoms with Crippen LogP contribution >= 0.6 is 0 Å². The van der Waals surface area contributed by atoms with E-state index in [9.17, 15) is 4.79 Å². The molecule has 0 spiro atoms. The first-order chi connectivity index (χ1) is 8.72. The maximum Gasteiger partial charge on any atom is 0.219 e. The lowest BCUT2D eigenvalue weighted by molar-refractivity contribution is 0.0991. The zero-order chi connectivity index (χ0) is 13.0. The van der Waals surface area contributed by atoms with Crippen LogP contribution in [0.15, 0.2) is 36.7 Å². The summed E-state index contributed by atoms with van der Waals surface area (Å²) in [5, 5.41) is 0. The molecule has 0 aliphatic heterocycles. The van der Waals surface area contributed by atoms with Crippen LogP contribution in [0.4, 0.5) is 0 Å². The van der Waals surface area contributed by atoms with Crippen LogP contribution in [0.2, 0.25) is 0 Å². The van der Waals surface area contributed by atoms with E-state index in [-0.39, 0.29) is 12.2 Å². The van der Waals surface area contributed by atoms with Gasteiger partial charge in [0, 0.05) is 11.1 Å². The van der Waals surface area contributed by atoms with E-state index < -0.39 is 0 Å². The summed E-state index contributed by atoms with van der Waals surface area (Å²) >= 11 is 0. The number of aromatic nitrogens is 2. The van der Waals surface area contributed by atoms with Gasteiger partial charge < -0.3 is 4.74 Å². The molecule has 0 saturated heterocycles. The van der Waals surface area contributed by atoms with Gasteiger partial charge in [-0.1, -0.05) is 30.3 Å². The summed E-state index contributed by atoms with van der Waals surface area (Å²) in [7, 11) is 1.55. The molecule has 0 amide bonds. The second-order valence-corrected chi connectivity index (χ2v) is 3.92. The molecule has 18 heavy (non-hydrogen) atoms. The van der Waals surface area contributed by atoms with Crippen molar-refractivity contribution in [2.75, 3.05) is 7.11 Å². The van der Waals surface area contributed by atoms with Gasteiger partial charge in [-0.25, -0.2) is 9.97 Å². The number of carbonyl (C=O) groups is 1. The van der Waals surface area contributed by atoms with Gasteiger partial charge in [-0.15, -0.1) is 0 Å². The highest BCUT2D eigenvalue weighted by atomic mass is 16.5. The van der Waals surface area contributed by atoms with Gasteiger partial charge in [0.1, 0.15) is 6.33 Å². The van der Waals surface area contributed by atoms with Gasteiger partial charge >= 0.3 is 0 Å². The van der Waals surface area contributed by atoms with Crippen LogP contribution in [0.25, 0.3) is 0 Å². The van der Waals surface area contributed by atoms with Gasteiger partial charge in [-0.2, -0.15) is 0 Å². The molecule has 0 bridgehead atoms. The number of nitrogens with zero attached hydrogens (tertiary/aromatic N) is 2. The maximum atomic E-state index is 12.1. The van der Waals surface area contributed by atoms with E-state index in [1.807, 2.05) is 25.1 Å². The number of hydrogen-bond donors (Lipinski definition) is 0. The average Bonchev–Trinajstić information content (AvgIpc) is 2.42. The van der Waals surface area contributed by atoms with Crippen molar-refractivity contribution < 1.29 is 9.53 Å². The number of methoxy groups -OCH3 is 1. The minimum Gasteiger partial charge on any atom is -0.481 e. The van der Waals surface area contributed by atoms with Gasteiger partial charge in [-0.3, -0.25) is 4.79 Å². The lowest BCUT2D eigenvalue weighted by Crippen LogP contribution is -2.08. The van der Waals surface area contributed by atoms with Crippen LogP contribution in [0, 0.1) is 6.92 Å². The fourth-order valence-electron chi connectivity index (χ4n) is 1.73. The summed E-state index contributed by atoms with van der Waals surface area (Å²) in [6.07, 6.45) is 1.67. The third kappa shape index (κ3) is 2.53. The number of ketones is 1. The van der Waals surface area contributed by atoms with Gasteiger partial charge in [0.25, 0.3) is 0 Å². The minimum atomic E-state index is 0.0412. The molecule has 1 aromatic carbocycles. The molecule has 92 valence electrons. The third-order valence-electron chi connectivity index (χ3n) is 2.76. The molecule has 2 aromatic rings. The van der Waals surface area contributed by atoms with Crippen LogP contribution in [0.5, 0.6) is 5.88 Å². The van der Waals surface area contributed by atoms with Crippen molar-refractivity contribution in [2.45, 2.75) is 13.3 Å². The van der Waals surface area contributed by atoms with Crippen LogP contribution in [0.1, 0.15) is 21.6 Å². The average molecular weight is 242 g/mol.